The van der Waals surface area contributed by atoms with Crippen molar-refractivity contribution in [1.82, 2.24) is 5.32 Å². The summed E-state index contributed by atoms with van der Waals surface area (Å²) in [6.45, 7) is 2.27. The number of hydrogen-bond donors (Lipinski definition) is 1. The van der Waals surface area contributed by atoms with Crippen molar-refractivity contribution in [3.63, 3.8) is 0 Å². The van der Waals surface area contributed by atoms with Gasteiger partial charge in [-0.15, -0.1) is 0 Å². The van der Waals surface area contributed by atoms with E-state index in [4.69, 9.17) is 4.74 Å². The van der Waals surface area contributed by atoms with E-state index in [-0.39, 0.29) is 12.0 Å². The first-order chi connectivity index (χ1) is 9.31. The molecule has 4 heteroatoms. The highest BCUT2D eigenvalue weighted by Gasteiger charge is 2.25. The Morgan fingerprint density at radius 3 is 2.68 bits per heavy atom. The van der Waals surface area contributed by atoms with Gasteiger partial charge in [-0.1, -0.05) is 30.3 Å². The Morgan fingerprint density at radius 1 is 1.37 bits per heavy atom. The molecule has 0 spiro atoms. The van der Waals surface area contributed by atoms with Crippen molar-refractivity contribution >= 4 is 17.7 Å². The lowest BCUT2D eigenvalue weighted by Gasteiger charge is -2.27. The molecule has 1 fully saturated rings. The monoisotopic (exact) mass is 279 g/mol. The molecule has 1 aliphatic rings. The lowest BCUT2D eigenvalue weighted by molar-refractivity contribution is -0.146. The number of benzene rings is 1. The average Bonchev–Trinajstić information content (AvgIpc) is 2.47. The van der Waals surface area contributed by atoms with E-state index in [2.05, 4.69) is 5.32 Å². The zero-order valence-electron chi connectivity index (χ0n) is 11.3. The van der Waals surface area contributed by atoms with Gasteiger partial charge in [-0.25, -0.2) is 4.79 Å². The van der Waals surface area contributed by atoms with Crippen LogP contribution in [0.15, 0.2) is 30.3 Å². The van der Waals surface area contributed by atoms with Crippen molar-refractivity contribution in [2.24, 2.45) is 0 Å². The second-order valence-electron chi connectivity index (χ2n) is 4.65. The van der Waals surface area contributed by atoms with Gasteiger partial charge in [0.25, 0.3) is 0 Å². The molecular weight excluding hydrogens is 258 g/mol. The van der Waals surface area contributed by atoms with Crippen molar-refractivity contribution in [3.05, 3.63) is 35.9 Å². The third-order valence-electron chi connectivity index (χ3n) is 3.28. The summed E-state index contributed by atoms with van der Waals surface area (Å²) < 4.78 is 5.19. The number of hydrogen-bond acceptors (Lipinski definition) is 4. The SMILES string of the molecule is CCOC(=O)C(NC1CCSCC1)c1ccccc1. The maximum Gasteiger partial charge on any atom is 0.327 e. The molecule has 0 radical (unpaired) electrons. The largest absolute Gasteiger partial charge is 0.465 e. The maximum absolute atomic E-state index is 12.1. The molecule has 104 valence electrons. The third kappa shape index (κ3) is 4.25. The maximum atomic E-state index is 12.1. The Labute approximate surface area is 119 Å². The Bertz CT molecular complexity index is 390. The van der Waals surface area contributed by atoms with E-state index < -0.39 is 0 Å². The minimum Gasteiger partial charge on any atom is -0.465 e. The van der Waals surface area contributed by atoms with E-state index in [1.54, 1.807) is 0 Å². The number of ether oxygens (including phenoxy) is 1. The van der Waals surface area contributed by atoms with Crippen molar-refractivity contribution in [1.29, 1.82) is 0 Å². The number of nitrogens with one attached hydrogen (secondary N) is 1. The molecule has 1 unspecified atom stereocenters. The van der Waals surface area contributed by atoms with Crippen molar-refractivity contribution in [2.45, 2.75) is 31.8 Å². The first-order valence-electron chi connectivity index (χ1n) is 6.86. The van der Waals surface area contributed by atoms with Crippen LogP contribution in [0.2, 0.25) is 0 Å². The highest BCUT2D eigenvalue weighted by Crippen LogP contribution is 2.22. The average molecular weight is 279 g/mol. The Hall–Kier alpha value is -1.00. The topological polar surface area (TPSA) is 38.3 Å². The molecule has 1 aliphatic heterocycles. The molecule has 3 nitrogen and oxygen atoms in total. The Balaban J connectivity index is 2.07. The van der Waals surface area contributed by atoms with Crippen LogP contribution in [0.3, 0.4) is 0 Å². The second kappa shape index (κ2) is 7.56. The van der Waals surface area contributed by atoms with Crippen LogP contribution < -0.4 is 5.32 Å². The van der Waals surface area contributed by atoms with E-state index >= 15 is 0 Å². The van der Waals surface area contributed by atoms with Crippen molar-refractivity contribution in [3.8, 4) is 0 Å². The highest BCUT2D eigenvalue weighted by atomic mass is 32.2. The fraction of sp³-hybridized carbons (Fsp3) is 0.533. The molecule has 1 aromatic carbocycles. The summed E-state index contributed by atoms with van der Waals surface area (Å²) in [5.74, 6) is 2.16. The van der Waals surface area contributed by atoms with Crippen LogP contribution in [0.25, 0.3) is 0 Å². The minimum absolute atomic E-state index is 0.174. The van der Waals surface area contributed by atoms with Crippen LogP contribution in [-0.4, -0.2) is 30.1 Å². The van der Waals surface area contributed by atoms with Crippen LogP contribution >= 0.6 is 11.8 Å². The molecule has 0 bridgehead atoms. The number of carbonyl (C=O) groups is 1. The van der Waals surface area contributed by atoms with Crippen molar-refractivity contribution < 1.29 is 9.53 Å². The normalized spacial score (nSPS) is 17.9. The predicted molar refractivity (Wildman–Crippen MR) is 79.3 cm³/mol. The molecule has 19 heavy (non-hydrogen) atoms. The summed E-state index contributed by atoms with van der Waals surface area (Å²) in [7, 11) is 0. The predicted octanol–water partition coefficient (Wildman–Crippen LogP) is 2.78. The van der Waals surface area contributed by atoms with Crippen LogP contribution in [0.1, 0.15) is 31.4 Å². The summed E-state index contributed by atoms with van der Waals surface area (Å²) in [6, 6.07) is 9.91. The summed E-state index contributed by atoms with van der Waals surface area (Å²) in [6.07, 6.45) is 2.24. The van der Waals surface area contributed by atoms with Gasteiger partial charge in [-0.05, 0) is 36.8 Å². The first kappa shape index (κ1) is 14.4. The molecule has 0 saturated carbocycles. The summed E-state index contributed by atoms with van der Waals surface area (Å²) in [4.78, 5) is 12.1. The summed E-state index contributed by atoms with van der Waals surface area (Å²) in [5.41, 5.74) is 0.985. The molecule has 1 atom stereocenters. The van der Waals surface area contributed by atoms with Gasteiger partial charge in [0.15, 0.2) is 0 Å². The molecule has 1 saturated heterocycles. The molecule has 0 aromatic heterocycles. The molecule has 1 N–H and O–H groups in total. The van der Waals surface area contributed by atoms with E-state index in [9.17, 15) is 4.79 Å². The highest BCUT2D eigenvalue weighted by molar-refractivity contribution is 7.99. The van der Waals surface area contributed by atoms with Crippen LogP contribution in [0, 0.1) is 0 Å². The number of thioether (sulfide) groups is 1. The van der Waals surface area contributed by atoms with E-state index in [0.717, 1.165) is 18.4 Å². The number of esters is 1. The number of rotatable bonds is 5. The van der Waals surface area contributed by atoms with Crippen molar-refractivity contribution in [2.75, 3.05) is 18.1 Å². The van der Waals surface area contributed by atoms with Gasteiger partial charge in [0, 0.05) is 6.04 Å². The lowest BCUT2D eigenvalue weighted by Crippen LogP contribution is -2.39. The smallest absolute Gasteiger partial charge is 0.327 e. The van der Waals surface area contributed by atoms with Gasteiger partial charge in [-0.3, -0.25) is 5.32 Å². The molecule has 2 rings (SSSR count). The quantitative estimate of drug-likeness (QED) is 0.841. The van der Waals surface area contributed by atoms with Crippen LogP contribution in [0.4, 0.5) is 0 Å². The second-order valence-corrected chi connectivity index (χ2v) is 5.87. The molecule has 0 aliphatic carbocycles. The third-order valence-corrected chi connectivity index (χ3v) is 4.33. The van der Waals surface area contributed by atoms with Gasteiger partial charge in [-0.2, -0.15) is 11.8 Å². The van der Waals surface area contributed by atoms with E-state index in [0.29, 0.717) is 12.6 Å². The van der Waals surface area contributed by atoms with Crippen LogP contribution in [-0.2, 0) is 9.53 Å². The van der Waals surface area contributed by atoms with Crippen LogP contribution in [0.5, 0.6) is 0 Å². The zero-order chi connectivity index (χ0) is 13.5. The molecule has 0 amide bonds. The fourth-order valence-electron chi connectivity index (χ4n) is 2.27. The first-order valence-corrected chi connectivity index (χ1v) is 8.02. The lowest BCUT2D eigenvalue weighted by atomic mass is 10.0. The fourth-order valence-corrected chi connectivity index (χ4v) is 3.38. The van der Waals surface area contributed by atoms with Gasteiger partial charge >= 0.3 is 5.97 Å². The standard InChI is InChI=1S/C15H21NO2S/c1-2-18-15(17)14(12-6-4-3-5-7-12)16-13-8-10-19-11-9-13/h3-7,13-14,16H,2,8-11H2,1H3. The molecule has 1 heterocycles. The van der Waals surface area contributed by atoms with E-state index in [1.165, 1.54) is 11.5 Å². The Morgan fingerprint density at radius 2 is 2.05 bits per heavy atom. The summed E-state index contributed by atoms with van der Waals surface area (Å²) >= 11 is 1.98. The minimum atomic E-state index is -0.339. The Kier molecular flexibility index (Phi) is 5.73. The van der Waals surface area contributed by atoms with Gasteiger partial charge in [0.1, 0.15) is 6.04 Å². The zero-order valence-corrected chi connectivity index (χ0v) is 12.1. The number of carbonyl (C=O) groups excluding carboxylic acids is 1. The van der Waals surface area contributed by atoms with Gasteiger partial charge < -0.3 is 4.74 Å². The van der Waals surface area contributed by atoms with E-state index in [1.807, 2.05) is 49.0 Å². The summed E-state index contributed by atoms with van der Waals surface area (Å²) in [5, 5.41) is 3.47. The molecular formula is C15H21NO2S. The van der Waals surface area contributed by atoms with Gasteiger partial charge in [0.05, 0.1) is 6.61 Å². The van der Waals surface area contributed by atoms with Gasteiger partial charge in [0.2, 0.25) is 0 Å². The molecule has 1 aromatic rings.